The van der Waals surface area contributed by atoms with Gasteiger partial charge in [-0.1, -0.05) is 35.3 Å². The topological polar surface area (TPSA) is 17.1 Å². The van der Waals surface area contributed by atoms with Crippen molar-refractivity contribution in [1.29, 1.82) is 0 Å². The molecule has 0 aromatic heterocycles. The van der Waals surface area contributed by atoms with Crippen LogP contribution in [0.5, 0.6) is 0 Å². The van der Waals surface area contributed by atoms with Gasteiger partial charge in [-0.2, -0.15) is 0 Å². The molecule has 0 saturated carbocycles. The Bertz CT molecular complexity index is 385. The average molecular weight is 243 g/mol. The van der Waals surface area contributed by atoms with E-state index in [0.717, 1.165) is 5.56 Å². The van der Waals surface area contributed by atoms with Crippen LogP contribution < -0.4 is 0 Å². The standard InChI is InChI=1S/C12H12Cl2O/c1-3-4-10(8(2)15)9-5-6-11(13)12(14)7-9/h3,5-7,10H,1,4H2,2H3. The summed E-state index contributed by atoms with van der Waals surface area (Å²) in [4.78, 5) is 11.4. The van der Waals surface area contributed by atoms with Crippen molar-refractivity contribution in [1.82, 2.24) is 0 Å². The van der Waals surface area contributed by atoms with Crippen LogP contribution in [0, 0.1) is 0 Å². The first kappa shape index (κ1) is 12.3. The summed E-state index contributed by atoms with van der Waals surface area (Å²) in [6.07, 6.45) is 2.35. The molecule has 0 amide bonds. The fourth-order valence-electron chi connectivity index (χ4n) is 1.43. The van der Waals surface area contributed by atoms with Gasteiger partial charge in [0, 0.05) is 5.92 Å². The van der Waals surface area contributed by atoms with Gasteiger partial charge in [-0.15, -0.1) is 6.58 Å². The zero-order valence-electron chi connectivity index (χ0n) is 8.47. The molecule has 0 aliphatic heterocycles. The fraction of sp³-hybridized carbons (Fsp3) is 0.250. The third kappa shape index (κ3) is 3.08. The van der Waals surface area contributed by atoms with Gasteiger partial charge in [0.05, 0.1) is 10.0 Å². The lowest BCUT2D eigenvalue weighted by atomic mass is 9.92. The minimum atomic E-state index is -0.169. The fourth-order valence-corrected chi connectivity index (χ4v) is 1.74. The number of carbonyl (C=O) groups excluding carboxylic acids is 1. The maximum absolute atomic E-state index is 11.4. The van der Waals surface area contributed by atoms with E-state index in [1.807, 2.05) is 6.07 Å². The zero-order valence-corrected chi connectivity index (χ0v) is 9.98. The van der Waals surface area contributed by atoms with E-state index in [0.29, 0.717) is 16.5 Å². The van der Waals surface area contributed by atoms with E-state index in [-0.39, 0.29) is 11.7 Å². The lowest BCUT2D eigenvalue weighted by molar-refractivity contribution is -0.118. The first-order valence-electron chi connectivity index (χ1n) is 4.62. The Hall–Kier alpha value is -0.790. The molecule has 0 aliphatic rings. The Labute approximate surface area is 99.7 Å². The smallest absolute Gasteiger partial charge is 0.137 e. The van der Waals surface area contributed by atoms with Gasteiger partial charge in [-0.25, -0.2) is 0 Å². The molecule has 1 aromatic carbocycles. The van der Waals surface area contributed by atoms with Crippen LogP contribution >= 0.6 is 23.2 Å². The molecular weight excluding hydrogens is 231 g/mol. The largest absolute Gasteiger partial charge is 0.299 e. The van der Waals surface area contributed by atoms with Crippen molar-refractivity contribution in [2.75, 3.05) is 0 Å². The van der Waals surface area contributed by atoms with Gasteiger partial charge in [0.1, 0.15) is 5.78 Å². The zero-order chi connectivity index (χ0) is 11.4. The number of hydrogen-bond donors (Lipinski definition) is 0. The molecule has 80 valence electrons. The molecule has 0 heterocycles. The summed E-state index contributed by atoms with van der Waals surface area (Å²) < 4.78 is 0. The van der Waals surface area contributed by atoms with Crippen LogP contribution in [0.3, 0.4) is 0 Å². The Balaban J connectivity index is 3.06. The van der Waals surface area contributed by atoms with E-state index < -0.39 is 0 Å². The number of rotatable bonds is 4. The second-order valence-electron chi connectivity index (χ2n) is 3.36. The van der Waals surface area contributed by atoms with Gasteiger partial charge in [0.15, 0.2) is 0 Å². The number of carbonyl (C=O) groups is 1. The number of Topliss-reactive ketones (excluding diaryl/α,β-unsaturated/α-hetero) is 1. The molecular formula is C12H12Cl2O. The van der Waals surface area contributed by atoms with Crippen LogP contribution in [-0.2, 0) is 4.79 Å². The quantitative estimate of drug-likeness (QED) is 0.722. The maximum Gasteiger partial charge on any atom is 0.137 e. The van der Waals surface area contributed by atoms with Crippen LogP contribution in [0.15, 0.2) is 30.9 Å². The summed E-state index contributed by atoms with van der Waals surface area (Å²) in [5.41, 5.74) is 0.886. The Kier molecular flexibility index (Phi) is 4.37. The van der Waals surface area contributed by atoms with E-state index in [4.69, 9.17) is 23.2 Å². The highest BCUT2D eigenvalue weighted by molar-refractivity contribution is 6.42. The van der Waals surface area contributed by atoms with Crippen molar-refractivity contribution in [3.8, 4) is 0 Å². The van der Waals surface area contributed by atoms with Crippen LogP contribution in [0.25, 0.3) is 0 Å². The monoisotopic (exact) mass is 242 g/mol. The van der Waals surface area contributed by atoms with Crippen molar-refractivity contribution in [3.63, 3.8) is 0 Å². The van der Waals surface area contributed by atoms with E-state index in [1.165, 1.54) is 0 Å². The minimum absolute atomic E-state index is 0.105. The number of ketones is 1. The molecule has 1 unspecified atom stereocenters. The normalized spacial score (nSPS) is 12.2. The van der Waals surface area contributed by atoms with E-state index in [1.54, 1.807) is 25.1 Å². The summed E-state index contributed by atoms with van der Waals surface area (Å²) in [7, 11) is 0. The van der Waals surface area contributed by atoms with Gasteiger partial charge >= 0.3 is 0 Å². The molecule has 0 saturated heterocycles. The van der Waals surface area contributed by atoms with Crippen molar-refractivity contribution in [2.45, 2.75) is 19.3 Å². The second-order valence-corrected chi connectivity index (χ2v) is 4.18. The summed E-state index contributed by atoms with van der Waals surface area (Å²) in [5, 5.41) is 0.978. The first-order valence-corrected chi connectivity index (χ1v) is 5.38. The Morgan fingerprint density at radius 2 is 2.13 bits per heavy atom. The SMILES string of the molecule is C=CCC(C(C)=O)c1ccc(Cl)c(Cl)c1. The van der Waals surface area contributed by atoms with E-state index >= 15 is 0 Å². The predicted molar refractivity (Wildman–Crippen MR) is 64.7 cm³/mol. The second kappa shape index (κ2) is 5.34. The summed E-state index contributed by atoms with van der Waals surface area (Å²) in [6.45, 7) is 5.20. The Morgan fingerprint density at radius 3 is 2.60 bits per heavy atom. The number of benzene rings is 1. The van der Waals surface area contributed by atoms with Gasteiger partial charge in [0.2, 0.25) is 0 Å². The molecule has 15 heavy (non-hydrogen) atoms. The van der Waals surface area contributed by atoms with Gasteiger partial charge < -0.3 is 0 Å². The van der Waals surface area contributed by atoms with Crippen molar-refractivity contribution < 1.29 is 4.79 Å². The number of halogens is 2. The third-order valence-corrected chi connectivity index (χ3v) is 2.98. The lowest BCUT2D eigenvalue weighted by Gasteiger charge is -2.12. The summed E-state index contributed by atoms with van der Waals surface area (Å²) >= 11 is 11.7. The molecule has 0 N–H and O–H groups in total. The molecule has 1 nitrogen and oxygen atoms in total. The van der Waals surface area contributed by atoms with E-state index in [2.05, 4.69) is 6.58 Å². The average Bonchev–Trinajstić information content (AvgIpc) is 2.18. The van der Waals surface area contributed by atoms with Crippen LogP contribution in [-0.4, -0.2) is 5.78 Å². The minimum Gasteiger partial charge on any atom is -0.299 e. The highest BCUT2D eigenvalue weighted by Gasteiger charge is 2.15. The van der Waals surface area contributed by atoms with E-state index in [9.17, 15) is 4.79 Å². The number of hydrogen-bond acceptors (Lipinski definition) is 1. The molecule has 0 fully saturated rings. The van der Waals surface area contributed by atoms with Crippen LogP contribution in [0.1, 0.15) is 24.8 Å². The molecule has 0 spiro atoms. The predicted octanol–water partition coefficient (Wildman–Crippen LogP) is 4.24. The van der Waals surface area contributed by atoms with Crippen molar-refractivity contribution in [3.05, 3.63) is 46.5 Å². The number of allylic oxidation sites excluding steroid dienone is 1. The molecule has 0 radical (unpaired) electrons. The van der Waals surface area contributed by atoms with Crippen molar-refractivity contribution in [2.24, 2.45) is 0 Å². The van der Waals surface area contributed by atoms with Crippen LogP contribution in [0.2, 0.25) is 10.0 Å². The van der Waals surface area contributed by atoms with Gasteiger partial charge in [0.25, 0.3) is 0 Å². The highest BCUT2D eigenvalue weighted by Crippen LogP contribution is 2.28. The van der Waals surface area contributed by atoms with Crippen molar-refractivity contribution >= 4 is 29.0 Å². The summed E-state index contributed by atoms with van der Waals surface area (Å²) in [6, 6.07) is 5.27. The molecule has 3 heteroatoms. The molecule has 1 aromatic rings. The lowest BCUT2D eigenvalue weighted by Crippen LogP contribution is -2.07. The molecule has 1 atom stereocenters. The molecule has 0 bridgehead atoms. The highest BCUT2D eigenvalue weighted by atomic mass is 35.5. The van der Waals surface area contributed by atoms with Gasteiger partial charge in [-0.05, 0) is 31.0 Å². The first-order chi connectivity index (χ1) is 7.06. The third-order valence-electron chi connectivity index (χ3n) is 2.24. The maximum atomic E-state index is 11.4. The Morgan fingerprint density at radius 1 is 1.47 bits per heavy atom. The molecule has 1 rings (SSSR count). The van der Waals surface area contributed by atoms with Crippen LogP contribution in [0.4, 0.5) is 0 Å². The summed E-state index contributed by atoms with van der Waals surface area (Å²) in [5.74, 6) is -0.0643. The van der Waals surface area contributed by atoms with Gasteiger partial charge in [-0.3, -0.25) is 4.79 Å². The molecule has 0 aliphatic carbocycles.